The van der Waals surface area contributed by atoms with Crippen molar-refractivity contribution in [3.8, 4) is 6.07 Å². The third kappa shape index (κ3) is 4.14. The molecule has 1 rings (SSSR count). The number of carbonyl (C=O) groups excluding carboxylic acids is 1. The van der Waals surface area contributed by atoms with Crippen molar-refractivity contribution in [3.63, 3.8) is 0 Å². The highest BCUT2D eigenvalue weighted by molar-refractivity contribution is 5.76. The summed E-state index contributed by atoms with van der Waals surface area (Å²) in [5, 5.41) is 11.1. The third-order valence-corrected chi connectivity index (χ3v) is 2.33. The smallest absolute Gasteiger partial charge is 0.221 e. The number of benzene rings is 1. The first-order valence-electron chi connectivity index (χ1n) is 5.36. The van der Waals surface area contributed by atoms with Gasteiger partial charge in [-0.1, -0.05) is 29.8 Å². The van der Waals surface area contributed by atoms with E-state index >= 15 is 0 Å². The van der Waals surface area contributed by atoms with E-state index in [0.29, 0.717) is 12.8 Å². The fraction of sp³-hybridized carbons (Fsp3) is 0.385. The van der Waals surface area contributed by atoms with Gasteiger partial charge in [-0.05, 0) is 25.8 Å². The minimum atomic E-state index is -0.412. The predicted molar refractivity (Wildman–Crippen MR) is 62.7 cm³/mol. The van der Waals surface area contributed by atoms with Crippen LogP contribution in [0.15, 0.2) is 24.3 Å². The number of nitriles is 1. The summed E-state index contributed by atoms with van der Waals surface area (Å²) in [6.07, 6.45) is 1.14. The van der Waals surface area contributed by atoms with Crippen molar-refractivity contribution in [2.75, 3.05) is 0 Å². The van der Waals surface area contributed by atoms with Crippen LogP contribution in [0.1, 0.15) is 24.5 Å². The summed E-state index contributed by atoms with van der Waals surface area (Å²) in [4.78, 5) is 11.4. The lowest BCUT2D eigenvalue weighted by molar-refractivity contribution is -0.121. The number of hydrogen-bond acceptors (Lipinski definition) is 2. The highest BCUT2D eigenvalue weighted by Crippen LogP contribution is 2.05. The van der Waals surface area contributed by atoms with E-state index in [4.69, 9.17) is 5.26 Å². The van der Waals surface area contributed by atoms with Gasteiger partial charge in [-0.15, -0.1) is 0 Å². The predicted octanol–water partition coefficient (Wildman–Crippen LogP) is 1.96. The van der Waals surface area contributed by atoms with Gasteiger partial charge >= 0.3 is 0 Å². The van der Waals surface area contributed by atoms with Gasteiger partial charge in [-0.25, -0.2) is 0 Å². The molecule has 3 heteroatoms. The van der Waals surface area contributed by atoms with Crippen LogP contribution in [0, 0.1) is 18.3 Å². The molecule has 0 aliphatic heterocycles. The van der Waals surface area contributed by atoms with Crippen molar-refractivity contribution in [2.24, 2.45) is 0 Å². The molecule has 0 aliphatic rings. The first-order valence-corrected chi connectivity index (χ1v) is 5.36. The first kappa shape index (κ1) is 12.3. The van der Waals surface area contributed by atoms with Gasteiger partial charge in [0, 0.05) is 6.42 Å². The first-order chi connectivity index (χ1) is 7.61. The maximum absolute atomic E-state index is 11.4. The van der Waals surface area contributed by atoms with E-state index < -0.39 is 6.04 Å². The Labute approximate surface area is 96.1 Å². The number of carbonyl (C=O) groups is 1. The SMILES string of the molecule is Cc1ccc(CCC(=O)NC(C)C#N)cc1. The van der Waals surface area contributed by atoms with E-state index in [0.717, 1.165) is 5.56 Å². The van der Waals surface area contributed by atoms with Gasteiger partial charge < -0.3 is 5.32 Å². The van der Waals surface area contributed by atoms with Crippen molar-refractivity contribution in [2.45, 2.75) is 32.7 Å². The summed E-state index contributed by atoms with van der Waals surface area (Å²) in [6.45, 7) is 3.70. The topological polar surface area (TPSA) is 52.9 Å². The Morgan fingerprint density at radius 1 is 1.44 bits per heavy atom. The molecule has 0 heterocycles. The Morgan fingerprint density at radius 2 is 2.06 bits per heavy atom. The lowest BCUT2D eigenvalue weighted by Gasteiger charge is -2.06. The Kier molecular flexibility index (Phi) is 4.53. The molecule has 1 atom stereocenters. The van der Waals surface area contributed by atoms with E-state index in [2.05, 4.69) is 5.32 Å². The molecule has 0 bridgehead atoms. The summed E-state index contributed by atoms with van der Waals surface area (Å²) in [5.74, 6) is -0.0744. The molecule has 1 amide bonds. The van der Waals surface area contributed by atoms with Crippen molar-refractivity contribution in [1.82, 2.24) is 5.32 Å². The quantitative estimate of drug-likeness (QED) is 0.836. The van der Waals surface area contributed by atoms with E-state index in [9.17, 15) is 4.79 Å². The number of nitrogens with zero attached hydrogens (tertiary/aromatic N) is 1. The summed E-state index contributed by atoms with van der Waals surface area (Å²) in [6, 6.07) is 9.67. The van der Waals surface area contributed by atoms with Gasteiger partial charge in [0.25, 0.3) is 0 Å². The van der Waals surface area contributed by atoms with Crippen LogP contribution in [0.5, 0.6) is 0 Å². The van der Waals surface area contributed by atoms with Gasteiger partial charge in [0.05, 0.1) is 6.07 Å². The largest absolute Gasteiger partial charge is 0.341 e. The zero-order valence-corrected chi connectivity index (χ0v) is 9.66. The van der Waals surface area contributed by atoms with Gasteiger partial charge in [-0.3, -0.25) is 4.79 Å². The molecule has 0 aliphatic carbocycles. The van der Waals surface area contributed by atoms with Crippen molar-refractivity contribution >= 4 is 5.91 Å². The van der Waals surface area contributed by atoms with Gasteiger partial charge in [0.2, 0.25) is 5.91 Å². The molecule has 0 spiro atoms. The normalized spacial score (nSPS) is 11.6. The van der Waals surface area contributed by atoms with Crippen LogP contribution in [0.2, 0.25) is 0 Å². The minimum absolute atomic E-state index is 0.0744. The maximum Gasteiger partial charge on any atom is 0.221 e. The monoisotopic (exact) mass is 216 g/mol. The van der Waals surface area contributed by atoms with Crippen LogP contribution in [0.25, 0.3) is 0 Å². The van der Waals surface area contributed by atoms with Crippen LogP contribution in [0.4, 0.5) is 0 Å². The Balaban J connectivity index is 2.38. The summed E-state index contributed by atoms with van der Waals surface area (Å²) in [7, 11) is 0. The van der Waals surface area contributed by atoms with Crippen LogP contribution < -0.4 is 5.32 Å². The van der Waals surface area contributed by atoms with Crippen molar-refractivity contribution in [3.05, 3.63) is 35.4 Å². The molecular weight excluding hydrogens is 200 g/mol. The van der Waals surface area contributed by atoms with Crippen molar-refractivity contribution < 1.29 is 4.79 Å². The molecule has 0 saturated carbocycles. The fourth-order valence-electron chi connectivity index (χ4n) is 1.36. The third-order valence-electron chi connectivity index (χ3n) is 2.33. The summed E-state index contributed by atoms with van der Waals surface area (Å²) in [5.41, 5.74) is 2.36. The standard InChI is InChI=1S/C13H16N2O/c1-10-3-5-12(6-4-10)7-8-13(16)15-11(2)9-14/h3-6,11H,7-8H2,1-2H3,(H,15,16). The molecule has 0 radical (unpaired) electrons. The number of amides is 1. The highest BCUT2D eigenvalue weighted by atomic mass is 16.1. The molecule has 0 fully saturated rings. The molecule has 1 aromatic rings. The zero-order chi connectivity index (χ0) is 12.0. The Morgan fingerprint density at radius 3 is 2.62 bits per heavy atom. The lowest BCUT2D eigenvalue weighted by atomic mass is 10.1. The van der Waals surface area contributed by atoms with E-state index in [1.54, 1.807) is 6.92 Å². The maximum atomic E-state index is 11.4. The van der Waals surface area contributed by atoms with Crippen LogP contribution >= 0.6 is 0 Å². The van der Waals surface area contributed by atoms with Crippen LogP contribution in [-0.4, -0.2) is 11.9 Å². The second kappa shape index (κ2) is 5.92. The molecule has 1 unspecified atom stereocenters. The van der Waals surface area contributed by atoms with Crippen LogP contribution in [0.3, 0.4) is 0 Å². The number of rotatable bonds is 4. The molecule has 1 N–H and O–H groups in total. The molecule has 0 saturated heterocycles. The average molecular weight is 216 g/mol. The molecule has 1 aromatic carbocycles. The molecule has 16 heavy (non-hydrogen) atoms. The average Bonchev–Trinajstić information content (AvgIpc) is 2.28. The van der Waals surface area contributed by atoms with Gasteiger partial charge in [-0.2, -0.15) is 5.26 Å². The fourth-order valence-corrected chi connectivity index (χ4v) is 1.36. The molecule has 3 nitrogen and oxygen atoms in total. The van der Waals surface area contributed by atoms with E-state index in [1.165, 1.54) is 5.56 Å². The molecular formula is C13H16N2O. The lowest BCUT2D eigenvalue weighted by Crippen LogP contribution is -2.31. The van der Waals surface area contributed by atoms with Gasteiger partial charge in [0.15, 0.2) is 0 Å². The van der Waals surface area contributed by atoms with Crippen molar-refractivity contribution in [1.29, 1.82) is 5.26 Å². The second-order valence-corrected chi connectivity index (χ2v) is 3.90. The molecule has 0 aromatic heterocycles. The number of hydrogen-bond donors (Lipinski definition) is 1. The van der Waals surface area contributed by atoms with E-state index in [1.807, 2.05) is 37.3 Å². The van der Waals surface area contributed by atoms with Crippen LogP contribution in [-0.2, 0) is 11.2 Å². The number of nitrogens with one attached hydrogen (secondary N) is 1. The Hall–Kier alpha value is -1.82. The zero-order valence-electron chi connectivity index (χ0n) is 9.66. The minimum Gasteiger partial charge on any atom is -0.341 e. The van der Waals surface area contributed by atoms with Gasteiger partial charge in [0.1, 0.15) is 6.04 Å². The van der Waals surface area contributed by atoms with E-state index in [-0.39, 0.29) is 5.91 Å². The Bertz CT molecular complexity index is 389. The summed E-state index contributed by atoms with van der Waals surface area (Å²) >= 11 is 0. The molecule has 84 valence electrons. The second-order valence-electron chi connectivity index (χ2n) is 3.90. The highest BCUT2D eigenvalue weighted by Gasteiger charge is 2.05. The number of aryl methyl sites for hydroxylation is 2. The summed E-state index contributed by atoms with van der Waals surface area (Å²) < 4.78 is 0.